The summed E-state index contributed by atoms with van der Waals surface area (Å²) < 4.78 is 38.1. The molecule has 0 atom stereocenters. The van der Waals surface area contributed by atoms with E-state index in [1.54, 1.807) is 42.9 Å². The first-order valence-corrected chi connectivity index (χ1v) is 10.2. The highest BCUT2D eigenvalue weighted by Gasteiger charge is 2.25. The first kappa shape index (κ1) is 17.7. The molecule has 0 aliphatic rings. The van der Waals surface area contributed by atoms with Gasteiger partial charge < -0.3 is 9.15 Å². The standard InChI is InChI=1S/C18H19NO4S2/c1-2-23-16-5-7-18(8-6-16)25(20,21)19(12-15-9-10-22-14-15)13-17-4-3-11-24-17/h3-11,14H,2,12-13H2,1H3. The van der Waals surface area contributed by atoms with E-state index >= 15 is 0 Å². The van der Waals surface area contributed by atoms with E-state index in [4.69, 9.17) is 9.15 Å². The number of benzene rings is 1. The minimum absolute atomic E-state index is 0.246. The zero-order valence-corrected chi connectivity index (χ0v) is 15.4. The Kier molecular flexibility index (Phi) is 5.57. The third-order valence-corrected chi connectivity index (χ3v) is 6.29. The van der Waals surface area contributed by atoms with Crippen molar-refractivity contribution in [3.8, 4) is 5.75 Å². The van der Waals surface area contributed by atoms with Crippen LogP contribution >= 0.6 is 11.3 Å². The van der Waals surface area contributed by atoms with Gasteiger partial charge in [0, 0.05) is 23.5 Å². The van der Waals surface area contributed by atoms with Gasteiger partial charge in [-0.15, -0.1) is 11.3 Å². The molecule has 3 rings (SSSR count). The van der Waals surface area contributed by atoms with E-state index in [0.717, 1.165) is 10.4 Å². The van der Waals surface area contributed by atoms with Crippen LogP contribution in [0.4, 0.5) is 0 Å². The van der Waals surface area contributed by atoms with E-state index < -0.39 is 10.0 Å². The van der Waals surface area contributed by atoms with E-state index in [0.29, 0.717) is 18.9 Å². The minimum atomic E-state index is -3.64. The monoisotopic (exact) mass is 377 g/mol. The van der Waals surface area contributed by atoms with Gasteiger partial charge >= 0.3 is 0 Å². The molecule has 0 bridgehead atoms. The largest absolute Gasteiger partial charge is 0.494 e. The molecule has 1 aromatic carbocycles. The van der Waals surface area contributed by atoms with Crippen LogP contribution < -0.4 is 4.74 Å². The zero-order valence-electron chi connectivity index (χ0n) is 13.8. The second-order valence-electron chi connectivity index (χ2n) is 5.39. The number of hydrogen-bond donors (Lipinski definition) is 0. The van der Waals surface area contributed by atoms with Crippen LogP contribution in [-0.2, 0) is 23.1 Å². The normalized spacial score (nSPS) is 11.8. The Balaban J connectivity index is 1.89. The second-order valence-corrected chi connectivity index (χ2v) is 8.36. The van der Waals surface area contributed by atoms with E-state index in [-0.39, 0.29) is 11.4 Å². The fourth-order valence-electron chi connectivity index (χ4n) is 2.41. The van der Waals surface area contributed by atoms with Crippen molar-refractivity contribution >= 4 is 21.4 Å². The SMILES string of the molecule is CCOc1ccc(S(=O)(=O)N(Cc2ccoc2)Cc2cccs2)cc1. The topological polar surface area (TPSA) is 59.8 Å². The number of furan rings is 1. The molecule has 2 heterocycles. The number of rotatable bonds is 8. The van der Waals surface area contributed by atoms with Gasteiger partial charge in [0.1, 0.15) is 5.75 Å². The maximum atomic E-state index is 13.1. The maximum Gasteiger partial charge on any atom is 0.243 e. The molecule has 0 aliphatic heterocycles. The van der Waals surface area contributed by atoms with Gasteiger partial charge in [-0.2, -0.15) is 4.31 Å². The van der Waals surface area contributed by atoms with Crippen molar-refractivity contribution in [2.75, 3.05) is 6.61 Å². The van der Waals surface area contributed by atoms with Crippen molar-refractivity contribution in [2.24, 2.45) is 0 Å². The summed E-state index contributed by atoms with van der Waals surface area (Å²) >= 11 is 1.53. The minimum Gasteiger partial charge on any atom is -0.494 e. The molecule has 0 amide bonds. The first-order chi connectivity index (χ1) is 12.1. The average molecular weight is 377 g/mol. The third kappa shape index (κ3) is 4.31. The molecule has 132 valence electrons. The van der Waals surface area contributed by atoms with Crippen LogP contribution in [0, 0.1) is 0 Å². The van der Waals surface area contributed by atoms with Crippen LogP contribution in [0.3, 0.4) is 0 Å². The lowest BCUT2D eigenvalue weighted by atomic mass is 10.3. The fourth-order valence-corrected chi connectivity index (χ4v) is 4.62. The Labute approximate surface area is 151 Å². The Morgan fingerprint density at radius 2 is 1.92 bits per heavy atom. The molecule has 0 unspecified atom stereocenters. The Morgan fingerprint density at radius 1 is 1.12 bits per heavy atom. The van der Waals surface area contributed by atoms with Crippen molar-refractivity contribution in [3.63, 3.8) is 0 Å². The van der Waals surface area contributed by atoms with Gasteiger partial charge in [-0.05, 0) is 48.7 Å². The van der Waals surface area contributed by atoms with Crippen molar-refractivity contribution in [3.05, 3.63) is 70.8 Å². The maximum absolute atomic E-state index is 13.1. The summed E-state index contributed by atoms with van der Waals surface area (Å²) in [5, 5.41) is 1.94. The molecule has 0 radical (unpaired) electrons. The first-order valence-electron chi connectivity index (χ1n) is 7.86. The van der Waals surface area contributed by atoms with Crippen LogP contribution in [0.15, 0.2) is 69.7 Å². The summed E-state index contributed by atoms with van der Waals surface area (Å²) in [5.74, 6) is 0.654. The number of ether oxygens (including phenoxy) is 1. The quantitative estimate of drug-likeness (QED) is 0.592. The van der Waals surface area contributed by atoms with E-state index in [2.05, 4.69) is 0 Å². The molecule has 0 saturated heterocycles. The molecule has 2 aromatic heterocycles. The van der Waals surface area contributed by atoms with Gasteiger partial charge in [-0.3, -0.25) is 0 Å². The molecule has 0 aliphatic carbocycles. The lowest BCUT2D eigenvalue weighted by Crippen LogP contribution is -2.29. The number of nitrogens with zero attached hydrogens (tertiary/aromatic N) is 1. The summed E-state index contributed by atoms with van der Waals surface area (Å²) in [4.78, 5) is 1.23. The number of thiophene rings is 1. The molecule has 3 aromatic rings. The van der Waals surface area contributed by atoms with Crippen molar-refractivity contribution in [1.82, 2.24) is 4.31 Å². The van der Waals surface area contributed by atoms with Crippen LogP contribution in [0.1, 0.15) is 17.4 Å². The third-order valence-electron chi connectivity index (χ3n) is 3.62. The van der Waals surface area contributed by atoms with Crippen LogP contribution in [-0.4, -0.2) is 19.3 Å². The predicted molar refractivity (Wildman–Crippen MR) is 97.1 cm³/mol. The van der Waals surface area contributed by atoms with E-state index in [1.807, 2.05) is 24.4 Å². The lowest BCUT2D eigenvalue weighted by Gasteiger charge is -2.21. The molecule has 25 heavy (non-hydrogen) atoms. The highest BCUT2D eigenvalue weighted by atomic mass is 32.2. The fraction of sp³-hybridized carbons (Fsp3) is 0.222. The van der Waals surface area contributed by atoms with Crippen LogP contribution in [0.5, 0.6) is 5.75 Å². The zero-order chi connectivity index (χ0) is 17.7. The molecule has 5 nitrogen and oxygen atoms in total. The van der Waals surface area contributed by atoms with Gasteiger partial charge in [-0.1, -0.05) is 6.07 Å². The molecule has 7 heteroatoms. The summed E-state index contributed by atoms with van der Waals surface area (Å²) in [6.07, 6.45) is 3.11. The van der Waals surface area contributed by atoms with Crippen LogP contribution in [0.2, 0.25) is 0 Å². The van der Waals surface area contributed by atoms with E-state index in [1.165, 1.54) is 15.6 Å². The highest BCUT2D eigenvalue weighted by Crippen LogP contribution is 2.24. The predicted octanol–water partition coefficient (Wildman–Crippen LogP) is 4.13. The van der Waals surface area contributed by atoms with Gasteiger partial charge in [0.15, 0.2) is 0 Å². The summed E-state index contributed by atoms with van der Waals surface area (Å²) in [5.41, 5.74) is 0.811. The molecular formula is C18H19NO4S2. The number of sulfonamides is 1. The van der Waals surface area contributed by atoms with E-state index in [9.17, 15) is 8.42 Å². The Hall–Kier alpha value is -2.09. The molecule has 0 spiro atoms. The van der Waals surface area contributed by atoms with Crippen LogP contribution in [0.25, 0.3) is 0 Å². The van der Waals surface area contributed by atoms with Gasteiger partial charge in [0.05, 0.1) is 24.0 Å². The summed E-state index contributed by atoms with van der Waals surface area (Å²) in [6, 6.07) is 12.1. The molecular weight excluding hydrogens is 358 g/mol. The average Bonchev–Trinajstić information content (AvgIpc) is 3.29. The molecule has 0 N–H and O–H groups in total. The Bertz CT molecular complexity index is 834. The molecule has 0 fully saturated rings. The lowest BCUT2D eigenvalue weighted by molar-refractivity contribution is 0.340. The van der Waals surface area contributed by atoms with Gasteiger partial charge in [0.25, 0.3) is 0 Å². The molecule has 0 saturated carbocycles. The van der Waals surface area contributed by atoms with Crippen molar-refractivity contribution in [1.29, 1.82) is 0 Å². The Morgan fingerprint density at radius 3 is 2.52 bits per heavy atom. The van der Waals surface area contributed by atoms with Crippen molar-refractivity contribution < 1.29 is 17.6 Å². The summed E-state index contributed by atoms with van der Waals surface area (Å²) in [7, 11) is -3.64. The van der Waals surface area contributed by atoms with Gasteiger partial charge in [0.2, 0.25) is 10.0 Å². The number of hydrogen-bond acceptors (Lipinski definition) is 5. The smallest absolute Gasteiger partial charge is 0.243 e. The van der Waals surface area contributed by atoms with Crippen molar-refractivity contribution in [2.45, 2.75) is 24.9 Å². The second kappa shape index (κ2) is 7.86. The summed E-state index contributed by atoms with van der Waals surface area (Å²) in [6.45, 7) is 3.00. The van der Waals surface area contributed by atoms with Gasteiger partial charge in [-0.25, -0.2) is 8.42 Å². The highest BCUT2D eigenvalue weighted by molar-refractivity contribution is 7.89.